The van der Waals surface area contributed by atoms with Crippen molar-refractivity contribution in [2.75, 3.05) is 23.3 Å². The van der Waals surface area contributed by atoms with Crippen molar-refractivity contribution in [2.24, 2.45) is 0 Å². The molecule has 120 valence electrons. The Kier molecular flexibility index (Phi) is 4.10. The molecule has 1 aromatic carbocycles. The van der Waals surface area contributed by atoms with E-state index < -0.39 is 4.92 Å². The second kappa shape index (κ2) is 6.20. The highest BCUT2D eigenvalue weighted by molar-refractivity contribution is 5.74. The van der Waals surface area contributed by atoms with Crippen molar-refractivity contribution >= 4 is 23.0 Å². The minimum absolute atomic E-state index is 0.0624. The van der Waals surface area contributed by atoms with E-state index >= 15 is 0 Å². The fourth-order valence-electron chi connectivity index (χ4n) is 2.75. The number of hydrogen-bond donors (Lipinski definition) is 1. The number of nitrogens with one attached hydrogen (secondary N) is 1. The second-order valence-electron chi connectivity index (χ2n) is 5.77. The van der Waals surface area contributed by atoms with Gasteiger partial charge in [-0.05, 0) is 49.9 Å². The van der Waals surface area contributed by atoms with Gasteiger partial charge >= 0.3 is 5.69 Å². The van der Waals surface area contributed by atoms with Crippen LogP contribution in [0.2, 0.25) is 0 Å². The molecule has 0 amide bonds. The van der Waals surface area contributed by atoms with Crippen LogP contribution >= 0.6 is 0 Å². The van der Waals surface area contributed by atoms with Crippen molar-refractivity contribution in [1.82, 2.24) is 9.97 Å². The lowest BCUT2D eigenvalue weighted by molar-refractivity contribution is -0.383. The maximum absolute atomic E-state index is 11.6. The van der Waals surface area contributed by atoms with Crippen molar-refractivity contribution in [2.45, 2.75) is 26.7 Å². The van der Waals surface area contributed by atoms with E-state index in [1.54, 1.807) is 0 Å². The fourth-order valence-corrected chi connectivity index (χ4v) is 2.75. The topological polar surface area (TPSA) is 84.2 Å². The molecule has 1 saturated heterocycles. The molecule has 0 bridgehead atoms. The average molecular weight is 313 g/mol. The van der Waals surface area contributed by atoms with E-state index in [9.17, 15) is 10.1 Å². The van der Waals surface area contributed by atoms with Crippen LogP contribution in [0.25, 0.3) is 0 Å². The van der Waals surface area contributed by atoms with Gasteiger partial charge in [0, 0.05) is 18.8 Å². The molecule has 1 N–H and O–H groups in total. The minimum atomic E-state index is -0.406. The standard InChI is InChI=1S/C16H19N5O2/c1-11-5-6-13(9-12(11)2)19-15-14(21(22)23)16(18-10-17-15)20-7-3-4-8-20/h5-6,9-10H,3-4,7-8H2,1-2H3,(H,17,18,19). The van der Waals surface area contributed by atoms with Crippen LogP contribution in [-0.2, 0) is 0 Å². The van der Waals surface area contributed by atoms with E-state index in [1.807, 2.05) is 36.9 Å². The molecule has 0 spiro atoms. The van der Waals surface area contributed by atoms with Crippen LogP contribution in [0, 0.1) is 24.0 Å². The van der Waals surface area contributed by atoms with E-state index in [1.165, 1.54) is 11.9 Å². The first-order chi connectivity index (χ1) is 11.1. The van der Waals surface area contributed by atoms with Gasteiger partial charge in [-0.25, -0.2) is 9.97 Å². The van der Waals surface area contributed by atoms with Gasteiger partial charge in [-0.15, -0.1) is 0 Å². The number of hydrogen-bond acceptors (Lipinski definition) is 6. The van der Waals surface area contributed by atoms with E-state index in [-0.39, 0.29) is 11.5 Å². The molecule has 1 fully saturated rings. The molecule has 0 aliphatic carbocycles. The van der Waals surface area contributed by atoms with Crippen molar-refractivity contribution in [3.05, 3.63) is 45.8 Å². The predicted molar refractivity (Wildman–Crippen MR) is 89.3 cm³/mol. The first-order valence-corrected chi connectivity index (χ1v) is 7.65. The smallest absolute Gasteiger partial charge is 0.351 e. The zero-order valence-electron chi connectivity index (χ0n) is 13.2. The third-order valence-corrected chi connectivity index (χ3v) is 4.16. The maximum Gasteiger partial charge on any atom is 0.353 e. The summed E-state index contributed by atoms with van der Waals surface area (Å²) >= 11 is 0. The van der Waals surface area contributed by atoms with E-state index in [0.29, 0.717) is 5.82 Å². The average Bonchev–Trinajstić information content (AvgIpc) is 3.05. The highest BCUT2D eigenvalue weighted by Gasteiger charge is 2.28. The van der Waals surface area contributed by atoms with Gasteiger partial charge in [0.1, 0.15) is 6.33 Å². The Hall–Kier alpha value is -2.70. The van der Waals surface area contributed by atoms with E-state index in [0.717, 1.165) is 37.2 Å². The number of benzene rings is 1. The Balaban J connectivity index is 1.99. The number of anilines is 3. The molecule has 1 aromatic heterocycles. The first kappa shape index (κ1) is 15.2. The zero-order chi connectivity index (χ0) is 16.4. The van der Waals surface area contributed by atoms with Crippen LogP contribution in [0.5, 0.6) is 0 Å². The predicted octanol–water partition coefficient (Wildman–Crippen LogP) is 3.35. The van der Waals surface area contributed by atoms with E-state index in [2.05, 4.69) is 15.3 Å². The molecule has 0 saturated carbocycles. The zero-order valence-corrected chi connectivity index (χ0v) is 13.2. The van der Waals surface area contributed by atoms with Crippen molar-refractivity contribution in [3.63, 3.8) is 0 Å². The summed E-state index contributed by atoms with van der Waals surface area (Å²) in [5, 5.41) is 14.6. The molecule has 7 heteroatoms. The Morgan fingerprint density at radius 3 is 2.57 bits per heavy atom. The third-order valence-electron chi connectivity index (χ3n) is 4.16. The summed E-state index contributed by atoms with van der Waals surface area (Å²) in [7, 11) is 0. The van der Waals surface area contributed by atoms with Crippen LogP contribution in [0.15, 0.2) is 24.5 Å². The van der Waals surface area contributed by atoms with Crippen LogP contribution < -0.4 is 10.2 Å². The number of aryl methyl sites for hydroxylation is 2. The first-order valence-electron chi connectivity index (χ1n) is 7.65. The summed E-state index contributed by atoms with van der Waals surface area (Å²) in [5.74, 6) is 0.629. The molecule has 0 atom stereocenters. The molecule has 3 rings (SSSR count). The van der Waals surface area contributed by atoms with Crippen LogP contribution in [0.1, 0.15) is 24.0 Å². The number of nitro groups is 1. The molecule has 0 unspecified atom stereocenters. The van der Waals surface area contributed by atoms with Crippen LogP contribution in [0.4, 0.5) is 23.0 Å². The lowest BCUT2D eigenvalue weighted by atomic mass is 10.1. The summed E-state index contributed by atoms with van der Waals surface area (Å²) in [5.41, 5.74) is 3.01. The minimum Gasteiger partial charge on any atom is -0.351 e. The molecule has 2 heterocycles. The molecular formula is C16H19N5O2. The monoisotopic (exact) mass is 313 g/mol. The number of rotatable bonds is 4. The molecule has 7 nitrogen and oxygen atoms in total. The number of aromatic nitrogens is 2. The Morgan fingerprint density at radius 2 is 1.91 bits per heavy atom. The van der Waals surface area contributed by atoms with Gasteiger partial charge in [-0.2, -0.15) is 0 Å². The molecule has 1 aliphatic rings. The Labute approximate surface area is 134 Å². The summed E-state index contributed by atoms with van der Waals surface area (Å²) in [6.07, 6.45) is 3.44. The molecule has 23 heavy (non-hydrogen) atoms. The molecular weight excluding hydrogens is 294 g/mol. The van der Waals surface area contributed by atoms with Crippen molar-refractivity contribution in [3.8, 4) is 0 Å². The lowest BCUT2D eigenvalue weighted by Crippen LogP contribution is -2.21. The molecule has 1 aliphatic heterocycles. The summed E-state index contributed by atoms with van der Waals surface area (Å²) in [6.45, 7) is 5.62. The molecule has 0 radical (unpaired) electrons. The fraction of sp³-hybridized carbons (Fsp3) is 0.375. The third kappa shape index (κ3) is 3.08. The Morgan fingerprint density at radius 1 is 1.17 bits per heavy atom. The normalized spacial score (nSPS) is 14.1. The molecule has 2 aromatic rings. The summed E-state index contributed by atoms with van der Waals surface area (Å²) < 4.78 is 0. The van der Waals surface area contributed by atoms with Gasteiger partial charge in [0.15, 0.2) is 0 Å². The van der Waals surface area contributed by atoms with Crippen LogP contribution in [0.3, 0.4) is 0 Å². The highest BCUT2D eigenvalue weighted by Crippen LogP contribution is 2.35. The summed E-state index contributed by atoms with van der Waals surface area (Å²) in [6, 6.07) is 5.83. The van der Waals surface area contributed by atoms with E-state index in [4.69, 9.17) is 0 Å². The van der Waals surface area contributed by atoms with Gasteiger partial charge in [0.25, 0.3) is 0 Å². The maximum atomic E-state index is 11.6. The quantitative estimate of drug-likeness (QED) is 0.688. The largest absolute Gasteiger partial charge is 0.353 e. The van der Waals surface area contributed by atoms with Gasteiger partial charge in [-0.3, -0.25) is 10.1 Å². The second-order valence-corrected chi connectivity index (χ2v) is 5.77. The van der Waals surface area contributed by atoms with Crippen molar-refractivity contribution in [1.29, 1.82) is 0 Å². The van der Waals surface area contributed by atoms with Crippen molar-refractivity contribution < 1.29 is 4.92 Å². The SMILES string of the molecule is Cc1ccc(Nc2ncnc(N3CCCC3)c2[N+](=O)[O-])cc1C. The van der Waals surface area contributed by atoms with Gasteiger partial charge in [-0.1, -0.05) is 6.07 Å². The van der Waals surface area contributed by atoms with Gasteiger partial charge < -0.3 is 10.2 Å². The van der Waals surface area contributed by atoms with Crippen LogP contribution in [-0.4, -0.2) is 28.0 Å². The summed E-state index contributed by atoms with van der Waals surface area (Å²) in [4.78, 5) is 21.4. The number of nitrogens with zero attached hydrogens (tertiary/aromatic N) is 4. The van der Waals surface area contributed by atoms with Gasteiger partial charge in [0.05, 0.1) is 4.92 Å². The van der Waals surface area contributed by atoms with Gasteiger partial charge in [0.2, 0.25) is 11.6 Å². The highest BCUT2D eigenvalue weighted by atomic mass is 16.6. The lowest BCUT2D eigenvalue weighted by Gasteiger charge is -2.17. The Bertz CT molecular complexity index is 741.